The Morgan fingerprint density at radius 1 is 1.14 bits per heavy atom. The maximum atomic E-state index is 12.5. The molecule has 0 aromatic heterocycles. The van der Waals surface area contributed by atoms with Crippen molar-refractivity contribution in [3.8, 4) is 0 Å². The Hall–Kier alpha value is -2.19. The number of amides is 1. The van der Waals surface area contributed by atoms with Crippen LogP contribution in [0.25, 0.3) is 6.08 Å². The lowest BCUT2D eigenvalue weighted by Crippen LogP contribution is -2.43. The van der Waals surface area contributed by atoms with E-state index in [2.05, 4.69) is 5.32 Å². The topological polar surface area (TPSA) is 92.8 Å². The number of esters is 1. The van der Waals surface area contributed by atoms with E-state index in [0.29, 0.717) is 12.8 Å². The standard InChI is InChI=1S/C20H28N2O5S/c1-15(2)21-19(23)16(3)27-20(24)18-9-12-22(13-10-18)28(25,26)14-11-17-7-5-4-6-8-17/h4-8,11,14-16,18H,9-10,12-13H2,1-3H3,(H,21,23)/b14-11+/t16-/m0/s1. The molecule has 0 bridgehead atoms. The van der Waals surface area contributed by atoms with Crippen LogP contribution < -0.4 is 5.32 Å². The second-order valence-corrected chi connectivity index (χ2v) is 8.99. The van der Waals surface area contributed by atoms with Crippen molar-refractivity contribution in [2.75, 3.05) is 13.1 Å². The molecule has 1 heterocycles. The van der Waals surface area contributed by atoms with E-state index in [1.165, 1.54) is 16.6 Å². The molecule has 0 saturated carbocycles. The molecule has 7 nitrogen and oxygen atoms in total. The zero-order chi connectivity index (χ0) is 20.7. The molecule has 8 heteroatoms. The van der Waals surface area contributed by atoms with Crippen LogP contribution in [0.4, 0.5) is 0 Å². The molecule has 0 aliphatic carbocycles. The molecule has 0 radical (unpaired) electrons. The molecular formula is C20H28N2O5S. The van der Waals surface area contributed by atoms with Gasteiger partial charge in [-0.25, -0.2) is 8.42 Å². The Balaban J connectivity index is 1.87. The smallest absolute Gasteiger partial charge is 0.309 e. The van der Waals surface area contributed by atoms with Gasteiger partial charge < -0.3 is 10.1 Å². The number of hydrogen-bond donors (Lipinski definition) is 1. The van der Waals surface area contributed by atoms with Crippen molar-refractivity contribution in [3.05, 3.63) is 41.3 Å². The molecule has 1 aromatic rings. The van der Waals surface area contributed by atoms with Gasteiger partial charge in [-0.05, 0) is 45.3 Å². The summed E-state index contributed by atoms with van der Waals surface area (Å²) in [4.78, 5) is 24.1. The van der Waals surface area contributed by atoms with E-state index in [1.54, 1.807) is 6.08 Å². The van der Waals surface area contributed by atoms with E-state index in [9.17, 15) is 18.0 Å². The van der Waals surface area contributed by atoms with E-state index in [0.717, 1.165) is 5.56 Å². The molecule has 0 unspecified atom stereocenters. The first kappa shape index (κ1) is 22.1. The van der Waals surface area contributed by atoms with Crippen LogP contribution in [0.5, 0.6) is 0 Å². The molecule has 1 aromatic carbocycles. The van der Waals surface area contributed by atoms with E-state index >= 15 is 0 Å². The number of piperidine rings is 1. The Morgan fingerprint density at radius 3 is 2.32 bits per heavy atom. The monoisotopic (exact) mass is 408 g/mol. The van der Waals surface area contributed by atoms with Gasteiger partial charge in [-0.3, -0.25) is 9.59 Å². The molecule has 1 aliphatic rings. The first-order valence-corrected chi connectivity index (χ1v) is 10.9. The molecule has 1 amide bonds. The summed E-state index contributed by atoms with van der Waals surface area (Å²) >= 11 is 0. The Labute approximate surface area is 166 Å². The molecule has 1 aliphatic heterocycles. The molecule has 1 atom stereocenters. The molecule has 1 fully saturated rings. The van der Waals surface area contributed by atoms with Crippen molar-refractivity contribution in [1.82, 2.24) is 9.62 Å². The van der Waals surface area contributed by atoms with E-state index in [-0.39, 0.29) is 25.0 Å². The van der Waals surface area contributed by atoms with Crippen molar-refractivity contribution in [2.24, 2.45) is 5.92 Å². The fourth-order valence-corrected chi connectivity index (χ4v) is 4.11. The minimum Gasteiger partial charge on any atom is -0.452 e. The Bertz CT molecular complexity index is 797. The van der Waals surface area contributed by atoms with Gasteiger partial charge in [0.2, 0.25) is 10.0 Å². The Morgan fingerprint density at radius 2 is 1.75 bits per heavy atom. The highest BCUT2D eigenvalue weighted by molar-refractivity contribution is 7.92. The summed E-state index contributed by atoms with van der Waals surface area (Å²) in [7, 11) is -3.54. The van der Waals surface area contributed by atoms with Gasteiger partial charge in [-0.2, -0.15) is 4.31 Å². The van der Waals surface area contributed by atoms with Gasteiger partial charge in [0.05, 0.1) is 5.92 Å². The van der Waals surface area contributed by atoms with Crippen LogP contribution in [0.1, 0.15) is 39.2 Å². The number of rotatable bonds is 7. The van der Waals surface area contributed by atoms with Gasteiger partial charge in [0, 0.05) is 24.5 Å². The number of carbonyl (C=O) groups excluding carboxylic acids is 2. The molecular weight excluding hydrogens is 380 g/mol. The van der Waals surface area contributed by atoms with Crippen LogP contribution >= 0.6 is 0 Å². The highest BCUT2D eigenvalue weighted by Gasteiger charge is 2.32. The first-order chi connectivity index (χ1) is 13.2. The minimum atomic E-state index is -3.54. The van der Waals surface area contributed by atoms with Crippen LogP contribution in [0, 0.1) is 5.92 Å². The second kappa shape index (κ2) is 9.84. The largest absolute Gasteiger partial charge is 0.452 e. The van der Waals surface area contributed by atoms with Crippen LogP contribution in [0.3, 0.4) is 0 Å². The summed E-state index contributed by atoms with van der Waals surface area (Å²) in [6.07, 6.45) is 1.43. The normalized spacial score (nSPS) is 17.6. The van der Waals surface area contributed by atoms with E-state index < -0.39 is 28.0 Å². The Kier molecular flexibility index (Phi) is 7.77. The van der Waals surface area contributed by atoms with Crippen molar-refractivity contribution in [1.29, 1.82) is 0 Å². The van der Waals surface area contributed by atoms with Crippen molar-refractivity contribution in [3.63, 3.8) is 0 Å². The van der Waals surface area contributed by atoms with Crippen LogP contribution in [-0.2, 0) is 24.3 Å². The lowest BCUT2D eigenvalue weighted by molar-refractivity contribution is -0.160. The van der Waals surface area contributed by atoms with Crippen molar-refractivity contribution < 1.29 is 22.7 Å². The van der Waals surface area contributed by atoms with Crippen LogP contribution in [-0.4, -0.2) is 49.8 Å². The minimum absolute atomic E-state index is 0.0361. The van der Waals surface area contributed by atoms with Gasteiger partial charge in [0.15, 0.2) is 6.10 Å². The summed E-state index contributed by atoms with van der Waals surface area (Å²) < 4.78 is 31.6. The van der Waals surface area contributed by atoms with E-state index in [1.807, 2.05) is 44.2 Å². The number of nitrogens with zero attached hydrogens (tertiary/aromatic N) is 1. The zero-order valence-corrected chi connectivity index (χ0v) is 17.3. The highest BCUT2D eigenvalue weighted by Crippen LogP contribution is 2.22. The molecule has 28 heavy (non-hydrogen) atoms. The summed E-state index contributed by atoms with van der Waals surface area (Å²) in [5.74, 6) is -1.20. The van der Waals surface area contributed by atoms with Gasteiger partial charge in [0.25, 0.3) is 5.91 Å². The van der Waals surface area contributed by atoms with E-state index in [4.69, 9.17) is 4.74 Å². The lowest BCUT2D eigenvalue weighted by atomic mass is 9.98. The average molecular weight is 409 g/mol. The quantitative estimate of drug-likeness (QED) is 0.698. The van der Waals surface area contributed by atoms with Gasteiger partial charge in [-0.1, -0.05) is 30.3 Å². The third-order valence-electron chi connectivity index (χ3n) is 4.47. The number of sulfonamides is 1. The third kappa shape index (κ3) is 6.45. The predicted octanol–water partition coefficient (Wildman–Crippen LogP) is 2.16. The highest BCUT2D eigenvalue weighted by atomic mass is 32.2. The number of nitrogens with one attached hydrogen (secondary N) is 1. The summed E-state index contributed by atoms with van der Waals surface area (Å²) in [5.41, 5.74) is 0.804. The summed E-state index contributed by atoms with van der Waals surface area (Å²) in [6.45, 7) is 5.68. The predicted molar refractivity (Wildman–Crippen MR) is 108 cm³/mol. The first-order valence-electron chi connectivity index (χ1n) is 9.43. The van der Waals surface area contributed by atoms with Gasteiger partial charge >= 0.3 is 5.97 Å². The SMILES string of the molecule is CC(C)NC(=O)[C@H](C)OC(=O)C1CCN(S(=O)(=O)/C=C/c2ccccc2)CC1. The molecule has 154 valence electrons. The molecule has 1 N–H and O–H groups in total. The number of carbonyl (C=O) groups is 2. The third-order valence-corrected chi connectivity index (χ3v) is 6.04. The van der Waals surface area contributed by atoms with Gasteiger partial charge in [-0.15, -0.1) is 0 Å². The maximum absolute atomic E-state index is 12.5. The molecule has 1 saturated heterocycles. The lowest BCUT2D eigenvalue weighted by Gasteiger charge is -2.29. The fraction of sp³-hybridized carbons (Fsp3) is 0.500. The maximum Gasteiger partial charge on any atom is 0.309 e. The zero-order valence-electron chi connectivity index (χ0n) is 16.5. The fourth-order valence-electron chi connectivity index (χ4n) is 2.89. The van der Waals surface area contributed by atoms with Gasteiger partial charge in [0.1, 0.15) is 0 Å². The average Bonchev–Trinajstić information content (AvgIpc) is 2.66. The second-order valence-electron chi connectivity index (χ2n) is 7.17. The summed E-state index contributed by atoms with van der Waals surface area (Å²) in [6, 6.07) is 9.15. The number of ether oxygens (including phenoxy) is 1. The van der Waals surface area contributed by atoms with Crippen LogP contribution in [0.15, 0.2) is 35.7 Å². The number of benzene rings is 1. The summed E-state index contributed by atoms with van der Waals surface area (Å²) in [5, 5.41) is 3.89. The van der Waals surface area contributed by atoms with Crippen molar-refractivity contribution >= 4 is 28.0 Å². The molecule has 2 rings (SSSR count). The van der Waals surface area contributed by atoms with Crippen molar-refractivity contribution in [2.45, 2.75) is 45.8 Å². The molecule has 0 spiro atoms. The number of hydrogen-bond acceptors (Lipinski definition) is 5. The van der Waals surface area contributed by atoms with Crippen LogP contribution in [0.2, 0.25) is 0 Å².